The average Bonchev–Trinajstić information content (AvgIpc) is 3.26. The molecule has 1 aliphatic carbocycles. The van der Waals surface area contributed by atoms with Crippen LogP contribution in [-0.2, 0) is 24.7 Å². The number of hydrogen-bond acceptors (Lipinski definition) is 6. The number of esters is 2. The summed E-state index contributed by atoms with van der Waals surface area (Å²) >= 11 is 0. The van der Waals surface area contributed by atoms with E-state index in [0.29, 0.717) is 31.4 Å². The fourth-order valence-electron chi connectivity index (χ4n) is 4.55. The molecule has 1 fully saturated rings. The third kappa shape index (κ3) is 4.98. The number of aryl methyl sites for hydroxylation is 1. The van der Waals surface area contributed by atoms with Crippen LogP contribution in [0.15, 0.2) is 54.6 Å². The van der Waals surface area contributed by atoms with Crippen LogP contribution in [0.5, 0.6) is 5.75 Å². The summed E-state index contributed by atoms with van der Waals surface area (Å²) in [6.45, 7) is 4.88. The molecule has 0 bridgehead atoms. The van der Waals surface area contributed by atoms with E-state index in [0.717, 1.165) is 22.7 Å². The molecular formula is C27H30N2O5. The molecule has 1 heterocycles. The van der Waals surface area contributed by atoms with Gasteiger partial charge < -0.3 is 14.2 Å². The molecule has 4 rings (SSSR count). The lowest BCUT2D eigenvalue weighted by molar-refractivity contribution is -0.170. The van der Waals surface area contributed by atoms with Crippen LogP contribution in [0.4, 0.5) is 0 Å². The van der Waals surface area contributed by atoms with Gasteiger partial charge in [0, 0.05) is 19.4 Å². The SMILES string of the molecule is COc1ccc(-n2nc(C3(OC(C)=O)CCC(OC(C)=O)CC3)cc2-c2ccc(C)cc2)cc1. The monoisotopic (exact) mass is 462 g/mol. The van der Waals surface area contributed by atoms with Crippen molar-refractivity contribution < 1.29 is 23.8 Å². The van der Waals surface area contributed by atoms with Crippen LogP contribution in [0.2, 0.25) is 0 Å². The van der Waals surface area contributed by atoms with E-state index in [2.05, 4.69) is 24.3 Å². The van der Waals surface area contributed by atoms with Gasteiger partial charge in [-0.1, -0.05) is 29.8 Å². The molecule has 7 heteroatoms. The molecule has 0 amide bonds. The number of hydrogen-bond donors (Lipinski definition) is 0. The summed E-state index contributed by atoms with van der Waals surface area (Å²) in [7, 11) is 1.63. The highest BCUT2D eigenvalue weighted by Gasteiger charge is 2.43. The second-order valence-electron chi connectivity index (χ2n) is 8.79. The van der Waals surface area contributed by atoms with Gasteiger partial charge in [-0.15, -0.1) is 0 Å². The minimum atomic E-state index is -0.875. The van der Waals surface area contributed by atoms with Crippen LogP contribution >= 0.6 is 0 Å². The van der Waals surface area contributed by atoms with Crippen molar-refractivity contribution in [3.05, 3.63) is 65.9 Å². The molecule has 34 heavy (non-hydrogen) atoms. The Bertz CT molecular complexity index is 1160. The highest BCUT2D eigenvalue weighted by molar-refractivity contribution is 5.68. The Kier molecular flexibility index (Phi) is 6.72. The summed E-state index contributed by atoms with van der Waals surface area (Å²) in [6.07, 6.45) is 2.07. The summed E-state index contributed by atoms with van der Waals surface area (Å²) in [5.74, 6) is 0.102. The summed E-state index contributed by atoms with van der Waals surface area (Å²) in [6, 6.07) is 17.9. The van der Waals surface area contributed by atoms with Crippen LogP contribution in [0.25, 0.3) is 16.9 Å². The van der Waals surface area contributed by atoms with Gasteiger partial charge >= 0.3 is 11.9 Å². The van der Waals surface area contributed by atoms with Gasteiger partial charge in [0.25, 0.3) is 0 Å². The van der Waals surface area contributed by atoms with Gasteiger partial charge in [-0.25, -0.2) is 4.68 Å². The van der Waals surface area contributed by atoms with Gasteiger partial charge in [-0.2, -0.15) is 5.10 Å². The zero-order valence-corrected chi connectivity index (χ0v) is 20.0. The van der Waals surface area contributed by atoms with Gasteiger partial charge in [-0.05, 0) is 62.9 Å². The van der Waals surface area contributed by atoms with E-state index in [-0.39, 0.29) is 18.0 Å². The van der Waals surface area contributed by atoms with E-state index in [1.807, 2.05) is 41.9 Å². The van der Waals surface area contributed by atoms with Crippen molar-refractivity contribution in [3.63, 3.8) is 0 Å². The molecule has 178 valence electrons. The molecule has 1 aromatic heterocycles. The Labute approximate surface area is 199 Å². The van der Waals surface area contributed by atoms with Crippen molar-refractivity contribution in [3.8, 4) is 22.7 Å². The molecular weight excluding hydrogens is 432 g/mol. The van der Waals surface area contributed by atoms with E-state index in [9.17, 15) is 9.59 Å². The average molecular weight is 463 g/mol. The predicted molar refractivity (Wildman–Crippen MR) is 128 cm³/mol. The smallest absolute Gasteiger partial charge is 0.303 e. The van der Waals surface area contributed by atoms with Crippen molar-refractivity contribution in [2.24, 2.45) is 0 Å². The van der Waals surface area contributed by atoms with Gasteiger partial charge in [0.15, 0.2) is 5.60 Å². The number of aromatic nitrogens is 2. The molecule has 3 aromatic rings. The first-order chi connectivity index (χ1) is 16.3. The normalized spacial score (nSPS) is 19.9. The largest absolute Gasteiger partial charge is 0.497 e. The van der Waals surface area contributed by atoms with E-state index < -0.39 is 5.60 Å². The maximum absolute atomic E-state index is 12.1. The lowest BCUT2D eigenvalue weighted by Crippen LogP contribution is -2.39. The Morgan fingerprint density at radius 1 is 0.971 bits per heavy atom. The molecule has 7 nitrogen and oxygen atoms in total. The summed E-state index contributed by atoms with van der Waals surface area (Å²) in [5.41, 5.74) is 3.75. The van der Waals surface area contributed by atoms with Gasteiger partial charge in [0.2, 0.25) is 0 Å². The Morgan fingerprint density at radius 3 is 2.18 bits per heavy atom. The van der Waals surface area contributed by atoms with E-state index >= 15 is 0 Å². The van der Waals surface area contributed by atoms with Crippen LogP contribution in [0.1, 0.15) is 50.8 Å². The molecule has 1 aliphatic rings. The topological polar surface area (TPSA) is 79.7 Å². The molecule has 0 spiro atoms. The molecule has 0 N–H and O–H groups in total. The zero-order valence-electron chi connectivity index (χ0n) is 20.0. The Balaban J connectivity index is 1.78. The highest BCUT2D eigenvalue weighted by atomic mass is 16.6. The van der Waals surface area contributed by atoms with Crippen molar-refractivity contribution in [1.82, 2.24) is 9.78 Å². The maximum Gasteiger partial charge on any atom is 0.303 e. The molecule has 0 unspecified atom stereocenters. The lowest BCUT2D eigenvalue weighted by Gasteiger charge is -2.37. The minimum Gasteiger partial charge on any atom is -0.497 e. The maximum atomic E-state index is 12.1. The second-order valence-corrected chi connectivity index (χ2v) is 8.79. The number of carbonyl (C=O) groups excluding carboxylic acids is 2. The summed E-state index contributed by atoms with van der Waals surface area (Å²) < 4.78 is 18.5. The number of rotatable bonds is 6. The van der Waals surface area contributed by atoms with Gasteiger partial charge in [-0.3, -0.25) is 9.59 Å². The predicted octanol–water partition coefficient (Wildman–Crippen LogP) is 5.12. The number of carbonyl (C=O) groups is 2. The highest BCUT2D eigenvalue weighted by Crippen LogP contribution is 2.42. The fourth-order valence-corrected chi connectivity index (χ4v) is 4.55. The minimum absolute atomic E-state index is 0.179. The van der Waals surface area contributed by atoms with Crippen molar-refractivity contribution in [1.29, 1.82) is 0 Å². The van der Waals surface area contributed by atoms with Crippen molar-refractivity contribution in [2.45, 2.75) is 58.2 Å². The molecule has 0 radical (unpaired) electrons. The number of methoxy groups -OCH3 is 1. The first-order valence-corrected chi connectivity index (χ1v) is 11.5. The number of ether oxygens (including phenoxy) is 3. The van der Waals surface area contributed by atoms with Gasteiger partial charge in [0.05, 0.1) is 18.5 Å². The van der Waals surface area contributed by atoms with Crippen LogP contribution in [-0.4, -0.2) is 34.9 Å². The first-order valence-electron chi connectivity index (χ1n) is 11.5. The molecule has 1 saturated carbocycles. The third-order valence-electron chi connectivity index (χ3n) is 6.25. The van der Waals surface area contributed by atoms with Crippen LogP contribution in [0, 0.1) is 6.92 Å². The standard InChI is InChI=1S/C27H30N2O5/c1-18-5-7-21(8-6-18)25-17-26(28-29(25)22-9-11-23(32-4)12-10-22)27(34-20(3)31)15-13-24(14-16-27)33-19(2)30/h5-12,17,24H,13-16H2,1-4H3. The zero-order chi connectivity index (χ0) is 24.3. The van der Waals surface area contributed by atoms with Crippen LogP contribution < -0.4 is 4.74 Å². The lowest BCUT2D eigenvalue weighted by atomic mass is 9.80. The van der Waals surface area contributed by atoms with Crippen LogP contribution in [0.3, 0.4) is 0 Å². The summed E-state index contributed by atoms with van der Waals surface area (Å²) in [5, 5.41) is 4.96. The Hall–Kier alpha value is -3.61. The third-order valence-corrected chi connectivity index (χ3v) is 6.25. The molecule has 0 saturated heterocycles. The quantitative estimate of drug-likeness (QED) is 0.473. The van der Waals surface area contributed by atoms with Crippen molar-refractivity contribution in [2.75, 3.05) is 7.11 Å². The van der Waals surface area contributed by atoms with E-state index in [4.69, 9.17) is 19.3 Å². The number of nitrogens with zero attached hydrogens (tertiary/aromatic N) is 2. The first kappa shape index (κ1) is 23.5. The number of benzene rings is 2. The Morgan fingerprint density at radius 2 is 1.62 bits per heavy atom. The molecule has 0 atom stereocenters. The fraction of sp³-hybridized carbons (Fsp3) is 0.370. The van der Waals surface area contributed by atoms with Crippen molar-refractivity contribution >= 4 is 11.9 Å². The summed E-state index contributed by atoms with van der Waals surface area (Å²) in [4.78, 5) is 23.6. The van der Waals surface area contributed by atoms with E-state index in [1.165, 1.54) is 19.4 Å². The molecule has 2 aromatic carbocycles. The second kappa shape index (κ2) is 9.71. The van der Waals surface area contributed by atoms with Gasteiger partial charge in [0.1, 0.15) is 17.5 Å². The van der Waals surface area contributed by atoms with E-state index in [1.54, 1.807) is 7.11 Å². The molecule has 0 aliphatic heterocycles.